The normalized spacial score (nSPS) is 14.0. The number of nitrogens with one attached hydrogen (secondary N) is 2. The number of carbonyl (C=O) groups excluding carboxylic acids is 2. The summed E-state index contributed by atoms with van der Waals surface area (Å²) in [5, 5.41) is 39.2. The van der Waals surface area contributed by atoms with Crippen LogP contribution in [0.15, 0.2) is 126 Å². The van der Waals surface area contributed by atoms with Crippen molar-refractivity contribution in [2.24, 2.45) is 10.3 Å². The molecule has 0 radical (unpaired) electrons. The summed E-state index contributed by atoms with van der Waals surface area (Å²) in [5.41, 5.74) is 12.9. The second-order valence-corrected chi connectivity index (χ2v) is 17.0. The van der Waals surface area contributed by atoms with Gasteiger partial charge in [0, 0.05) is 44.5 Å². The van der Waals surface area contributed by atoms with Gasteiger partial charge in [-0.2, -0.15) is 36.9 Å². The molecule has 0 aromatic heterocycles. The molecule has 6 aromatic carbocycles. The van der Waals surface area contributed by atoms with Gasteiger partial charge >= 0.3 is 12.4 Å². The van der Waals surface area contributed by atoms with Crippen LogP contribution in [-0.4, -0.2) is 41.3 Å². The number of amides is 2. The lowest BCUT2D eigenvalue weighted by molar-refractivity contribution is -0.275. The van der Waals surface area contributed by atoms with E-state index in [4.69, 9.17) is 55.2 Å². The van der Waals surface area contributed by atoms with E-state index < -0.39 is 41.8 Å². The van der Waals surface area contributed by atoms with Crippen molar-refractivity contribution in [3.05, 3.63) is 193 Å². The third-order valence-corrected chi connectivity index (χ3v) is 11.5. The molecule has 1 heterocycles. The number of rotatable bonds is 8. The Morgan fingerprint density at radius 3 is 1.54 bits per heavy atom. The lowest BCUT2D eigenvalue weighted by Crippen LogP contribution is -2.42. The summed E-state index contributed by atoms with van der Waals surface area (Å²) in [5.74, 6) is -0.990. The molecule has 0 aliphatic carbocycles. The minimum Gasteiger partial charge on any atom is -0.411 e. The molecule has 1 aliphatic heterocycles. The molecule has 1 unspecified atom stereocenters. The highest BCUT2D eigenvalue weighted by molar-refractivity contribution is 6.31. The van der Waals surface area contributed by atoms with E-state index >= 15 is 0 Å². The van der Waals surface area contributed by atoms with Crippen LogP contribution in [0.25, 0.3) is 5.57 Å². The van der Waals surface area contributed by atoms with Crippen molar-refractivity contribution in [3.8, 4) is 12.1 Å². The van der Waals surface area contributed by atoms with Crippen molar-refractivity contribution in [2.45, 2.75) is 52.1 Å². The van der Waals surface area contributed by atoms with Gasteiger partial charge in [-0.05, 0) is 152 Å². The van der Waals surface area contributed by atoms with E-state index in [0.29, 0.717) is 49.2 Å². The third kappa shape index (κ3) is 12.9. The van der Waals surface area contributed by atoms with Gasteiger partial charge in [0.2, 0.25) is 0 Å². The van der Waals surface area contributed by atoms with Crippen LogP contribution in [0.3, 0.4) is 0 Å². The lowest BCUT2D eigenvalue weighted by Gasteiger charge is -2.30. The fraction of sp³-hybridized carbons (Fsp3) is 0.154. The Kier molecular flexibility index (Phi) is 17.2. The van der Waals surface area contributed by atoms with Gasteiger partial charge in [0.1, 0.15) is 12.1 Å². The predicted molar refractivity (Wildman–Crippen MR) is 266 cm³/mol. The maximum Gasteiger partial charge on any atom is 0.435 e. The number of nitrogens with two attached hydrogens (primary N) is 2. The van der Waals surface area contributed by atoms with Crippen molar-refractivity contribution in [2.75, 3.05) is 22.1 Å². The number of benzene rings is 6. The van der Waals surface area contributed by atoms with Crippen LogP contribution in [0.2, 0.25) is 10.0 Å². The van der Waals surface area contributed by atoms with Crippen LogP contribution in [0.5, 0.6) is 0 Å². The number of carbonyl (C=O) groups is 2. The van der Waals surface area contributed by atoms with Crippen molar-refractivity contribution < 1.29 is 46.0 Å². The van der Waals surface area contributed by atoms with Crippen molar-refractivity contribution >= 4 is 75.3 Å². The number of oxime groups is 2. The smallest absolute Gasteiger partial charge is 0.411 e. The molecule has 0 spiro atoms. The first-order valence-electron chi connectivity index (χ1n) is 21.0. The van der Waals surface area contributed by atoms with E-state index in [-0.39, 0.29) is 50.5 Å². The zero-order valence-corrected chi connectivity index (χ0v) is 40.0. The van der Waals surface area contributed by atoms with Crippen LogP contribution < -0.4 is 22.1 Å². The Morgan fingerprint density at radius 2 is 1.15 bits per heavy atom. The zero-order valence-electron chi connectivity index (χ0n) is 38.5. The molecule has 12 nitrogen and oxygen atoms in total. The Bertz CT molecular complexity index is 3150. The zero-order chi connectivity index (χ0) is 53.3. The summed E-state index contributed by atoms with van der Waals surface area (Å²) in [6.07, 6.45) is -8.47. The van der Waals surface area contributed by atoms with E-state index in [9.17, 15) is 35.9 Å². The molecule has 72 heavy (non-hydrogen) atoms. The molecule has 6 aromatic rings. The molecule has 1 atom stereocenters. The average molecular weight is 1030 g/mol. The molecular weight excluding hydrogens is 986 g/mol. The number of aryl methyl sites for hydroxylation is 4. The summed E-state index contributed by atoms with van der Waals surface area (Å²) in [4.78, 5) is 30.3. The second-order valence-electron chi connectivity index (χ2n) is 16.1. The largest absolute Gasteiger partial charge is 0.435 e. The summed E-state index contributed by atoms with van der Waals surface area (Å²) in [6, 6.07) is 31.0. The first-order chi connectivity index (χ1) is 33.8. The first kappa shape index (κ1) is 54.6. The number of hydrogen-bond acceptors (Lipinski definition) is 10. The molecule has 2 amide bonds. The van der Waals surface area contributed by atoms with Gasteiger partial charge in [0.05, 0.1) is 40.0 Å². The fourth-order valence-corrected chi connectivity index (χ4v) is 7.44. The molecule has 0 bridgehead atoms. The second kappa shape index (κ2) is 22.6. The lowest BCUT2D eigenvalue weighted by atomic mass is 9.84. The van der Waals surface area contributed by atoms with Crippen molar-refractivity contribution in [1.29, 1.82) is 10.5 Å². The molecule has 1 aliphatic rings. The summed E-state index contributed by atoms with van der Waals surface area (Å²) < 4.78 is 81.8. The molecule has 0 saturated carbocycles. The number of halogens is 8. The number of anilines is 4. The van der Waals surface area contributed by atoms with E-state index in [1.165, 1.54) is 66.9 Å². The summed E-state index contributed by atoms with van der Waals surface area (Å²) in [7, 11) is 0. The molecule has 7 N–H and O–H groups in total. The predicted octanol–water partition coefficient (Wildman–Crippen LogP) is 13.0. The topological polar surface area (TPSA) is 212 Å². The monoisotopic (exact) mass is 1030 g/mol. The van der Waals surface area contributed by atoms with E-state index in [1.54, 1.807) is 76.2 Å². The van der Waals surface area contributed by atoms with Gasteiger partial charge < -0.3 is 32.1 Å². The third-order valence-electron chi connectivity index (χ3n) is 11.0. The van der Waals surface area contributed by atoms with Gasteiger partial charge in [0.25, 0.3) is 17.4 Å². The number of nitrogen functional groups attached to an aromatic ring is 2. The highest BCUT2D eigenvalue weighted by Gasteiger charge is 2.62. The highest BCUT2D eigenvalue weighted by Crippen LogP contribution is 2.50. The first-order valence-corrected chi connectivity index (χ1v) is 21.8. The summed E-state index contributed by atoms with van der Waals surface area (Å²) in [6.45, 7) is 9.48. The highest BCUT2D eigenvalue weighted by atomic mass is 35.5. The maximum atomic E-state index is 14.4. The Labute approximate surface area is 419 Å². The fourth-order valence-electron chi connectivity index (χ4n) is 7.19. The van der Waals surface area contributed by atoms with Crippen LogP contribution in [0, 0.1) is 50.4 Å². The standard InChI is InChI=1S/C26H20ClF3N4O2.C19H16F3N3O.C7H6ClNO/c1-14-9-19(10-15(2)23(14)33-24(35)17-3-4-18(13-31)21(32)11-17)25(26(28,29)30)12-22(34-36-25)16-5-7-20(27)8-6-16;1-10-6-15(12(3)19(20,21)22)7-11(2)17(10)25-18(26)13-4-5-14(9-23)16(24)8-13;8-7-3-1-6(2-4-7)5-9-10/h3-11H,12,32H2,1-2H3,(H,33,35);4-8H,3,24H2,1-2H3,(H,25,26);1-5,10H. The Morgan fingerprint density at radius 1 is 0.722 bits per heavy atom. The van der Waals surface area contributed by atoms with Crippen LogP contribution in [-0.2, 0) is 10.4 Å². The van der Waals surface area contributed by atoms with E-state index in [2.05, 4.69) is 27.5 Å². The van der Waals surface area contributed by atoms with Crippen molar-refractivity contribution in [1.82, 2.24) is 0 Å². The van der Waals surface area contributed by atoms with Crippen molar-refractivity contribution in [3.63, 3.8) is 0 Å². The van der Waals surface area contributed by atoms with E-state index in [1.807, 2.05) is 12.1 Å². The minimum absolute atomic E-state index is 0.0480. The van der Waals surface area contributed by atoms with Gasteiger partial charge in [-0.1, -0.05) is 64.4 Å². The molecule has 370 valence electrons. The summed E-state index contributed by atoms with van der Waals surface area (Å²) >= 11 is 11.5. The Balaban J connectivity index is 0.000000232. The average Bonchev–Trinajstić information content (AvgIpc) is 3.80. The Hall–Kier alpha value is -8.32. The van der Waals surface area contributed by atoms with Gasteiger partial charge in [0.15, 0.2) is 0 Å². The maximum absolute atomic E-state index is 14.4. The molecule has 0 fully saturated rings. The minimum atomic E-state index is -4.77. The SMILES string of the molecule is C=C(c1cc(C)c(NC(=O)c2ccc(C#N)c(N)c2)c(C)c1)C(F)(F)F.Cc1cc(C2(C(F)(F)F)CC(c3ccc(Cl)cc3)=NO2)cc(C)c1NC(=O)c1ccc(C#N)c(N)c1.ON=Cc1ccc(Cl)cc1. The number of allylic oxidation sites excluding steroid dienone is 1. The van der Waals surface area contributed by atoms with Crippen LogP contribution in [0.4, 0.5) is 49.1 Å². The van der Waals surface area contributed by atoms with Crippen LogP contribution in [0.1, 0.15) is 82.8 Å². The quantitative estimate of drug-likeness (QED) is 0.0324. The number of alkyl halides is 6. The molecule has 7 rings (SSSR count). The number of hydrogen-bond donors (Lipinski definition) is 5. The molecule has 0 saturated heterocycles. The number of nitrogens with zero attached hydrogens (tertiary/aromatic N) is 4. The van der Waals surface area contributed by atoms with Gasteiger partial charge in [-0.15, -0.1) is 0 Å². The van der Waals surface area contributed by atoms with E-state index in [0.717, 1.165) is 5.56 Å². The van der Waals surface area contributed by atoms with Crippen LogP contribution >= 0.6 is 23.2 Å². The molecule has 20 heteroatoms. The van der Waals surface area contributed by atoms with Gasteiger partial charge in [-0.25, -0.2) is 0 Å². The molecular formula is C52H42Cl2F6N8O4. The van der Waals surface area contributed by atoms with Gasteiger partial charge in [-0.3, -0.25) is 9.59 Å². The number of nitriles is 2.